The number of thiocarbonyl (C=S) groups is 1. The van der Waals surface area contributed by atoms with Crippen LogP contribution in [0.25, 0.3) is 10.2 Å². The fourth-order valence-corrected chi connectivity index (χ4v) is 2.84. The molecule has 0 amide bonds. The van der Waals surface area contributed by atoms with Crippen LogP contribution in [0.15, 0.2) is 47.5 Å². The Morgan fingerprint density at radius 3 is 2.52 bits per heavy atom. The lowest BCUT2D eigenvalue weighted by atomic mass is 10.2. The lowest BCUT2D eigenvalue weighted by Gasteiger charge is -1.93. The highest BCUT2D eigenvalue weighted by Gasteiger charge is 2.10. The summed E-state index contributed by atoms with van der Waals surface area (Å²) in [5, 5.41) is 20.0. The molecule has 1 heterocycles. The molecule has 126 valence electrons. The molecule has 9 heteroatoms. The number of hydrogen-bond donors (Lipinski definition) is 3. The number of thiazole rings is 1. The third kappa shape index (κ3) is 4.67. The molecule has 2 aromatic carbocycles. The average molecular weight is 373 g/mol. The summed E-state index contributed by atoms with van der Waals surface area (Å²) in [5.74, 6) is -1.93. The largest absolute Gasteiger partial charge is 0.478 e. The van der Waals surface area contributed by atoms with Crippen molar-refractivity contribution >= 4 is 61.7 Å². The molecule has 0 aliphatic carbocycles. The number of carboxylic acid groups (broad SMARTS) is 2. The van der Waals surface area contributed by atoms with Crippen molar-refractivity contribution in [3.63, 3.8) is 0 Å². The Bertz CT molecular complexity index is 977. The van der Waals surface area contributed by atoms with Crippen molar-refractivity contribution < 1.29 is 19.8 Å². The lowest BCUT2D eigenvalue weighted by Crippen LogP contribution is -1.95. The number of benzene rings is 2. The van der Waals surface area contributed by atoms with Gasteiger partial charge in [0.05, 0.1) is 32.2 Å². The predicted octanol–water partition coefficient (Wildman–Crippen LogP) is 3.70. The molecule has 4 N–H and O–H groups in total. The van der Waals surface area contributed by atoms with Crippen LogP contribution in [0.2, 0.25) is 0 Å². The van der Waals surface area contributed by atoms with E-state index >= 15 is 0 Å². The molecule has 0 aliphatic rings. The van der Waals surface area contributed by atoms with E-state index in [4.69, 9.17) is 15.9 Å². The quantitative estimate of drug-likeness (QED) is 0.472. The summed E-state index contributed by atoms with van der Waals surface area (Å²) in [7, 11) is 0. The van der Waals surface area contributed by atoms with Gasteiger partial charge >= 0.3 is 11.9 Å². The number of aromatic nitrogens is 1. The number of nitrogens with two attached hydrogens (primary N) is 1. The second-order valence-corrected chi connectivity index (χ2v) is 5.78. The minimum Gasteiger partial charge on any atom is -0.478 e. The number of rotatable bonds is 3. The number of aromatic carboxylic acids is 2. The van der Waals surface area contributed by atoms with Gasteiger partial charge in [-0.2, -0.15) is 4.99 Å². The molecule has 0 fully saturated rings. The van der Waals surface area contributed by atoms with Gasteiger partial charge in [-0.05, 0) is 42.5 Å². The van der Waals surface area contributed by atoms with Crippen LogP contribution in [0, 0.1) is 0 Å². The molecule has 0 saturated carbocycles. The zero-order chi connectivity index (χ0) is 18.4. The fourth-order valence-electron chi connectivity index (χ4n) is 1.90. The Hall–Kier alpha value is -3.13. The Kier molecular flexibility index (Phi) is 5.91. The number of hydrogen-bond acceptors (Lipinski definition) is 7. The van der Waals surface area contributed by atoms with Gasteiger partial charge in [-0.15, -0.1) is 0 Å². The number of anilines is 1. The van der Waals surface area contributed by atoms with Gasteiger partial charge in [0.2, 0.25) is 0 Å². The first-order valence-corrected chi connectivity index (χ1v) is 7.94. The first kappa shape index (κ1) is 18.2. The molecular weight excluding hydrogens is 362 g/mol. The summed E-state index contributed by atoms with van der Waals surface area (Å²) >= 11 is 5.57. The summed E-state index contributed by atoms with van der Waals surface area (Å²) in [4.78, 5) is 28.9. The Morgan fingerprint density at radius 1 is 1.16 bits per heavy atom. The van der Waals surface area contributed by atoms with Gasteiger partial charge in [0.15, 0.2) is 5.13 Å². The third-order valence-corrected chi connectivity index (χ3v) is 3.95. The molecule has 0 bridgehead atoms. The number of fused-ring (bicyclic) bond motifs is 1. The maximum atomic E-state index is 10.8. The monoisotopic (exact) mass is 373 g/mol. The number of aliphatic imine (C=N–C) groups is 1. The van der Waals surface area contributed by atoms with Crippen molar-refractivity contribution in [2.24, 2.45) is 4.99 Å². The summed E-state index contributed by atoms with van der Waals surface area (Å²) in [5.41, 5.74) is 7.07. The second kappa shape index (κ2) is 8.11. The zero-order valence-corrected chi connectivity index (χ0v) is 14.2. The van der Waals surface area contributed by atoms with Gasteiger partial charge in [-0.25, -0.2) is 14.6 Å². The van der Waals surface area contributed by atoms with Crippen LogP contribution < -0.4 is 5.73 Å². The Balaban J connectivity index is 0.000000181. The Labute approximate surface area is 151 Å². The number of carbonyl (C=O) groups is 2. The first-order chi connectivity index (χ1) is 11.9. The minimum atomic E-state index is -0.976. The molecule has 7 nitrogen and oxygen atoms in total. The van der Waals surface area contributed by atoms with Crippen molar-refractivity contribution in [2.45, 2.75) is 0 Å². The van der Waals surface area contributed by atoms with Crippen LogP contribution in [0.1, 0.15) is 20.7 Å². The van der Waals surface area contributed by atoms with E-state index in [1.807, 2.05) is 0 Å². The van der Waals surface area contributed by atoms with E-state index in [0.717, 1.165) is 0 Å². The van der Waals surface area contributed by atoms with Crippen LogP contribution in [-0.4, -0.2) is 32.3 Å². The number of isothiocyanates is 1. The molecular formula is C16H11N3O4S2. The summed E-state index contributed by atoms with van der Waals surface area (Å²) in [6.45, 7) is 0. The van der Waals surface area contributed by atoms with Gasteiger partial charge < -0.3 is 15.9 Å². The van der Waals surface area contributed by atoms with Gasteiger partial charge in [0, 0.05) is 0 Å². The van der Waals surface area contributed by atoms with Crippen LogP contribution in [-0.2, 0) is 0 Å². The van der Waals surface area contributed by atoms with E-state index in [1.54, 1.807) is 30.3 Å². The van der Waals surface area contributed by atoms with E-state index in [2.05, 4.69) is 27.4 Å². The smallest absolute Gasteiger partial charge is 0.337 e. The molecule has 0 aliphatic heterocycles. The maximum Gasteiger partial charge on any atom is 0.337 e. The molecule has 0 spiro atoms. The van der Waals surface area contributed by atoms with Gasteiger partial charge in [-0.3, -0.25) is 0 Å². The van der Waals surface area contributed by atoms with Crippen molar-refractivity contribution in [3.8, 4) is 0 Å². The van der Waals surface area contributed by atoms with Crippen molar-refractivity contribution in [1.29, 1.82) is 0 Å². The second-order valence-electron chi connectivity index (χ2n) is 4.57. The van der Waals surface area contributed by atoms with E-state index in [0.29, 0.717) is 21.0 Å². The number of nitrogen functional groups attached to an aromatic ring is 1. The molecule has 3 aromatic rings. The Morgan fingerprint density at radius 2 is 1.88 bits per heavy atom. The molecule has 0 radical (unpaired) electrons. The number of carboxylic acids is 2. The van der Waals surface area contributed by atoms with Crippen LogP contribution in [0.3, 0.4) is 0 Å². The topological polar surface area (TPSA) is 126 Å². The highest BCUT2D eigenvalue weighted by molar-refractivity contribution is 7.78. The summed E-state index contributed by atoms with van der Waals surface area (Å²) < 4.78 is 0.632. The average Bonchev–Trinajstić information content (AvgIpc) is 2.95. The van der Waals surface area contributed by atoms with Crippen molar-refractivity contribution in [2.75, 3.05) is 5.73 Å². The minimum absolute atomic E-state index is 0.196. The normalized spacial score (nSPS) is 9.60. The predicted molar refractivity (Wildman–Crippen MR) is 99.1 cm³/mol. The van der Waals surface area contributed by atoms with Gasteiger partial charge in [0.25, 0.3) is 0 Å². The zero-order valence-electron chi connectivity index (χ0n) is 12.5. The molecule has 3 rings (SSSR count). The first-order valence-electron chi connectivity index (χ1n) is 6.72. The van der Waals surface area contributed by atoms with E-state index < -0.39 is 11.9 Å². The highest BCUT2D eigenvalue weighted by Crippen LogP contribution is 2.26. The molecule has 1 aromatic heterocycles. The van der Waals surface area contributed by atoms with Crippen molar-refractivity contribution in [3.05, 3.63) is 53.6 Å². The van der Waals surface area contributed by atoms with Gasteiger partial charge in [-0.1, -0.05) is 23.5 Å². The summed E-state index contributed by atoms with van der Waals surface area (Å²) in [6.07, 6.45) is 0. The lowest BCUT2D eigenvalue weighted by molar-refractivity contribution is 0.0687. The van der Waals surface area contributed by atoms with Crippen molar-refractivity contribution in [1.82, 2.24) is 4.98 Å². The molecule has 0 saturated heterocycles. The van der Waals surface area contributed by atoms with E-state index in [-0.39, 0.29) is 11.1 Å². The molecule has 0 atom stereocenters. The van der Waals surface area contributed by atoms with E-state index in [9.17, 15) is 9.59 Å². The van der Waals surface area contributed by atoms with Gasteiger partial charge in [0.1, 0.15) is 0 Å². The fraction of sp³-hybridized carbons (Fsp3) is 0. The molecule has 0 unspecified atom stereocenters. The van der Waals surface area contributed by atoms with Crippen LogP contribution in [0.4, 0.5) is 10.8 Å². The molecule has 25 heavy (non-hydrogen) atoms. The standard InChI is InChI=1S/C8H6N2O2S.C8H5NO2S/c9-8-10-5-3-1-2-4(7(11)12)6(5)13-8;10-8(11)6-2-1-3-7(4-6)9-5-12/h1-3H,(H2,9,10)(H,11,12);1-4H,(H,10,11). The summed E-state index contributed by atoms with van der Waals surface area (Å²) in [6, 6.07) is 11.1. The third-order valence-electron chi connectivity index (χ3n) is 2.93. The highest BCUT2D eigenvalue weighted by atomic mass is 32.1. The number of nitrogens with zero attached hydrogens (tertiary/aromatic N) is 2. The SMILES string of the molecule is Nc1nc2cccc(C(=O)O)c2s1.O=C(O)c1cccc(N=C=S)c1. The van der Waals surface area contributed by atoms with E-state index in [1.165, 1.54) is 23.5 Å². The van der Waals surface area contributed by atoms with Crippen LogP contribution >= 0.6 is 23.6 Å². The van der Waals surface area contributed by atoms with Crippen LogP contribution in [0.5, 0.6) is 0 Å². The maximum absolute atomic E-state index is 10.8.